The summed E-state index contributed by atoms with van der Waals surface area (Å²) in [6.07, 6.45) is -9.52. The van der Waals surface area contributed by atoms with E-state index in [-0.39, 0.29) is 6.61 Å². The summed E-state index contributed by atoms with van der Waals surface area (Å²) in [5.41, 5.74) is 0.107. The summed E-state index contributed by atoms with van der Waals surface area (Å²) in [7, 11) is 0. The fraction of sp³-hybridized carbons (Fsp3) is 0.278. The fourth-order valence-electron chi connectivity index (χ4n) is 2.23. The van der Waals surface area contributed by atoms with Crippen molar-refractivity contribution in [3.05, 3.63) is 65.5 Å². The predicted molar refractivity (Wildman–Crippen MR) is 88.7 cm³/mol. The number of hydrogen-bond donors (Lipinski definition) is 3. The highest BCUT2D eigenvalue weighted by atomic mass is 19.4. The minimum Gasteiger partial charge on any atom is -0.445 e. The van der Waals surface area contributed by atoms with Gasteiger partial charge in [-0.3, -0.25) is 0 Å². The zero-order valence-corrected chi connectivity index (χ0v) is 14.3. The Bertz CT molecular complexity index is 785. The lowest BCUT2D eigenvalue weighted by Crippen LogP contribution is -2.36. The molecule has 2 rings (SSSR count). The minimum atomic E-state index is -5.00. The highest BCUT2D eigenvalue weighted by Crippen LogP contribution is 2.28. The summed E-state index contributed by atoms with van der Waals surface area (Å²) >= 11 is 0. The van der Waals surface area contributed by atoms with Crippen LogP contribution in [0.15, 0.2) is 48.5 Å². The van der Waals surface area contributed by atoms with E-state index in [9.17, 15) is 32.6 Å². The average Bonchev–Trinajstić information content (AvgIpc) is 2.65. The number of aliphatic hydroxyl groups excluding tert-OH is 2. The van der Waals surface area contributed by atoms with Crippen LogP contribution in [0.25, 0.3) is 0 Å². The molecule has 0 fully saturated rings. The van der Waals surface area contributed by atoms with Crippen molar-refractivity contribution in [2.45, 2.75) is 25.2 Å². The van der Waals surface area contributed by atoms with Crippen LogP contribution < -0.4 is 10.1 Å². The number of hydrogen-bond acceptors (Lipinski definition) is 5. The first kappa shape index (κ1) is 21.5. The average molecular weight is 403 g/mol. The number of rotatable bonds is 7. The SMILES string of the molecule is O=C(NCC(O)C(O)c1cc(OC(F)(F)F)ccc1F)OCc1ccccc1. The Labute approximate surface area is 157 Å². The first-order valence-electron chi connectivity index (χ1n) is 8.01. The number of alkyl halides is 3. The Morgan fingerprint density at radius 1 is 1.11 bits per heavy atom. The molecule has 152 valence electrons. The second kappa shape index (κ2) is 9.38. The number of ether oxygens (including phenoxy) is 2. The van der Waals surface area contributed by atoms with Crippen LogP contribution in [-0.2, 0) is 11.3 Å². The van der Waals surface area contributed by atoms with E-state index in [0.29, 0.717) is 12.1 Å². The van der Waals surface area contributed by atoms with Crippen molar-refractivity contribution >= 4 is 6.09 Å². The largest absolute Gasteiger partial charge is 0.573 e. The molecule has 0 aliphatic rings. The number of nitrogens with one attached hydrogen (secondary N) is 1. The highest BCUT2D eigenvalue weighted by molar-refractivity contribution is 5.67. The molecule has 0 bridgehead atoms. The van der Waals surface area contributed by atoms with Gasteiger partial charge in [-0.05, 0) is 23.8 Å². The Hall–Kier alpha value is -2.85. The summed E-state index contributed by atoms with van der Waals surface area (Å²) in [5, 5.41) is 22.1. The number of aliphatic hydroxyl groups is 2. The van der Waals surface area contributed by atoms with Crippen LogP contribution in [0.2, 0.25) is 0 Å². The van der Waals surface area contributed by atoms with Gasteiger partial charge in [0.2, 0.25) is 0 Å². The molecule has 0 aliphatic heterocycles. The van der Waals surface area contributed by atoms with Crippen molar-refractivity contribution < 1.29 is 42.0 Å². The third-order valence-electron chi connectivity index (χ3n) is 3.55. The molecule has 2 aromatic rings. The smallest absolute Gasteiger partial charge is 0.445 e. The maximum Gasteiger partial charge on any atom is 0.573 e. The van der Waals surface area contributed by atoms with E-state index in [2.05, 4.69) is 10.1 Å². The van der Waals surface area contributed by atoms with Crippen LogP contribution in [0.5, 0.6) is 5.75 Å². The van der Waals surface area contributed by atoms with E-state index in [0.717, 1.165) is 11.6 Å². The number of carbonyl (C=O) groups excluding carboxylic acids is 1. The predicted octanol–water partition coefficient (Wildman–Crippen LogP) is 3.05. The van der Waals surface area contributed by atoms with E-state index < -0.39 is 48.3 Å². The third-order valence-corrected chi connectivity index (χ3v) is 3.55. The molecule has 0 heterocycles. The second-order valence-electron chi connectivity index (χ2n) is 5.69. The van der Waals surface area contributed by atoms with Crippen molar-refractivity contribution in [1.29, 1.82) is 0 Å². The van der Waals surface area contributed by atoms with Crippen LogP contribution in [-0.4, -0.2) is 35.3 Å². The van der Waals surface area contributed by atoms with Gasteiger partial charge in [0, 0.05) is 12.1 Å². The molecule has 0 aliphatic carbocycles. The summed E-state index contributed by atoms with van der Waals surface area (Å²) < 4.78 is 59.1. The molecule has 2 aromatic carbocycles. The number of halogens is 4. The topological polar surface area (TPSA) is 88.0 Å². The standard InChI is InChI=1S/C18H17F4NO5/c19-14-7-6-12(28-18(20,21)22)8-13(14)16(25)15(24)9-23-17(26)27-10-11-4-2-1-3-5-11/h1-8,15-16,24-25H,9-10H2,(H,23,26). The molecule has 0 spiro atoms. The van der Waals surface area contributed by atoms with Crippen molar-refractivity contribution in [1.82, 2.24) is 5.32 Å². The van der Waals surface area contributed by atoms with Gasteiger partial charge >= 0.3 is 12.5 Å². The zero-order chi connectivity index (χ0) is 20.7. The second-order valence-corrected chi connectivity index (χ2v) is 5.69. The third kappa shape index (κ3) is 6.71. The molecule has 0 saturated carbocycles. The molecule has 0 radical (unpaired) electrons. The van der Waals surface area contributed by atoms with Gasteiger partial charge in [-0.25, -0.2) is 9.18 Å². The van der Waals surface area contributed by atoms with E-state index in [1.54, 1.807) is 30.3 Å². The molecule has 6 nitrogen and oxygen atoms in total. The van der Waals surface area contributed by atoms with Gasteiger partial charge in [-0.15, -0.1) is 13.2 Å². The number of carbonyl (C=O) groups is 1. The van der Waals surface area contributed by atoms with Gasteiger partial charge in [0.05, 0.1) is 0 Å². The van der Waals surface area contributed by atoms with Gasteiger partial charge in [0.1, 0.15) is 30.4 Å². The quantitative estimate of drug-likeness (QED) is 0.619. The molecule has 0 saturated heterocycles. The van der Waals surface area contributed by atoms with Gasteiger partial charge in [0.25, 0.3) is 0 Å². The first-order chi connectivity index (χ1) is 13.2. The maximum absolute atomic E-state index is 13.8. The van der Waals surface area contributed by atoms with Crippen LogP contribution >= 0.6 is 0 Å². The first-order valence-corrected chi connectivity index (χ1v) is 8.01. The van der Waals surface area contributed by atoms with Crippen LogP contribution in [0.3, 0.4) is 0 Å². The Morgan fingerprint density at radius 3 is 2.43 bits per heavy atom. The summed E-state index contributed by atoms with van der Waals surface area (Å²) in [4.78, 5) is 11.6. The number of amides is 1. The summed E-state index contributed by atoms with van der Waals surface area (Å²) in [5.74, 6) is -1.81. The van der Waals surface area contributed by atoms with Gasteiger partial charge in [-0.1, -0.05) is 30.3 Å². The monoisotopic (exact) mass is 403 g/mol. The van der Waals surface area contributed by atoms with Crippen molar-refractivity contribution in [3.63, 3.8) is 0 Å². The Morgan fingerprint density at radius 2 is 1.79 bits per heavy atom. The molecule has 0 aromatic heterocycles. The molecular weight excluding hydrogens is 386 g/mol. The van der Waals surface area contributed by atoms with Crippen molar-refractivity contribution in [2.24, 2.45) is 0 Å². The zero-order valence-electron chi connectivity index (χ0n) is 14.3. The highest BCUT2D eigenvalue weighted by Gasteiger charge is 2.32. The van der Waals surface area contributed by atoms with E-state index in [4.69, 9.17) is 4.74 Å². The van der Waals surface area contributed by atoms with E-state index in [1.807, 2.05) is 0 Å². The van der Waals surface area contributed by atoms with E-state index >= 15 is 0 Å². The Balaban J connectivity index is 1.90. The van der Waals surface area contributed by atoms with Crippen LogP contribution in [0.4, 0.5) is 22.4 Å². The normalized spacial score (nSPS) is 13.5. The van der Waals surface area contributed by atoms with Crippen molar-refractivity contribution in [2.75, 3.05) is 6.54 Å². The molecule has 2 unspecified atom stereocenters. The number of benzene rings is 2. The molecule has 10 heteroatoms. The van der Waals surface area contributed by atoms with Crippen LogP contribution in [0.1, 0.15) is 17.2 Å². The lowest BCUT2D eigenvalue weighted by atomic mass is 10.0. The molecule has 3 N–H and O–H groups in total. The van der Waals surface area contributed by atoms with Gasteiger partial charge in [0.15, 0.2) is 0 Å². The molecular formula is C18H17F4NO5. The maximum atomic E-state index is 13.8. The Kier molecular flexibility index (Phi) is 7.18. The fourth-order valence-corrected chi connectivity index (χ4v) is 2.23. The van der Waals surface area contributed by atoms with Gasteiger partial charge < -0.3 is 25.0 Å². The molecule has 1 amide bonds. The lowest BCUT2D eigenvalue weighted by molar-refractivity contribution is -0.274. The summed E-state index contributed by atoms with van der Waals surface area (Å²) in [6, 6.07) is 10.7. The number of alkyl carbamates (subject to hydrolysis) is 1. The van der Waals surface area contributed by atoms with E-state index in [1.165, 1.54) is 0 Å². The van der Waals surface area contributed by atoms with Gasteiger partial charge in [-0.2, -0.15) is 0 Å². The minimum absolute atomic E-state index is 0.0310. The molecule has 28 heavy (non-hydrogen) atoms. The summed E-state index contributed by atoms with van der Waals surface area (Å²) in [6.45, 7) is -0.560. The molecule has 2 atom stereocenters. The lowest BCUT2D eigenvalue weighted by Gasteiger charge is -2.20. The van der Waals surface area contributed by atoms with Crippen LogP contribution in [0, 0.1) is 5.82 Å². The van der Waals surface area contributed by atoms with Crippen molar-refractivity contribution in [3.8, 4) is 5.75 Å².